The standard InChI is InChI=1S/C13H19FN2O3S/c14-11-6-3-7-12(13(11)15)20(17,18)16-8-9-19-10-4-1-2-5-10/h3,6-7,10,16H,1-2,4-5,8-9,15H2. The lowest BCUT2D eigenvalue weighted by atomic mass is 10.3. The maximum atomic E-state index is 13.3. The number of nitrogen functional groups attached to an aromatic ring is 1. The first-order chi connectivity index (χ1) is 9.50. The van der Waals surface area contributed by atoms with E-state index >= 15 is 0 Å². The lowest BCUT2D eigenvalue weighted by Gasteiger charge is -2.12. The number of hydrogen-bond donors (Lipinski definition) is 2. The van der Waals surface area contributed by atoms with E-state index in [0.29, 0.717) is 6.61 Å². The van der Waals surface area contributed by atoms with Crippen LogP contribution in [-0.2, 0) is 14.8 Å². The zero-order valence-corrected chi connectivity index (χ0v) is 12.0. The van der Waals surface area contributed by atoms with E-state index < -0.39 is 15.8 Å². The Morgan fingerprint density at radius 3 is 2.75 bits per heavy atom. The highest BCUT2D eigenvalue weighted by atomic mass is 32.2. The Bertz CT molecular complexity index is 557. The minimum absolute atomic E-state index is 0.148. The van der Waals surface area contributed by atoms with Gasteiger partial charge in [-0.2, -0.15) is 0 Å². The molecule has 2 rings (SSSR count). The third-order valence-corrected chi connectivity index (χ3v) is 4.87. The highest BCUT2D eigenvalue weighted by Crippen LogP contribution is 2.21. The molecule has 1 aliphatic rings. The largest absolute Gasteiger partial charge is 0.395 e. The average Bonchev–Trinajstić information content (AvgIpc) is 2.91. The van der Waals surface area contributed by atoms with Crippen molar-refractivity contribution in [1.29, 1.82) is 0 Å². The van der Waals surface area contributed by atoms with E-state index in [4.69, 9.17) is 10.5 Å². The molecule has 0 bridgehead atoms. The van der Waals surface area contributed by atoms with Crippen molar-refractivity contribution in [2.45, 2.75) is 36.7 Å². The van der Waals surface area contributed by atoms with Gasteiger partial charge in [0, 0.05) is 6.54 Å². The molecule has 0 aliphatic heterocycles. The summed E-state index contributed by atoms with van der Waals surface area (Å²) < 4.78 is 45.2. The summed E-state index contributed by atoms with van der Waals surface area (Å²) in [5.41, 5.74) is 5.08. The molecular formula is C13H19FN2O3S. The van der Waals surface area contributed by atoms with Crippen LogP contribution in [0.1, 0.15) is 25.7 Å². The second-order valence-corrected chi connectivity index (χ2v) is 6.56. The monoisotopic (exact) mass is 302 g/mol. The van der Waals surface area contributed by atoms with E-state index in [-0.39, 0.29) is 23.2 Å². The smallest absolute Gasteiger partial charge is 0.242 e. The average molecular weight is 302 g/mol. The topological polar surface area (TPSA) is 81.4 Å². The second-order valence-electron chi connectivity index (χ2n) is 4.83. The molecule has 0 radical (unpaired) electrons. The van der Waals surface area contributed by atoms with Crippen molar-refractivity contribution in [2.24, 2.45) is 0 Å². The first-order valence-corrected chi connectivity index (χ1v) is 8.14. The van der Waals surface area contributed by atoms with Crippen LogP contribution in [-0.4, -0.2) is 27.7 Å². The molecule has 0 aromatic heterocycles. The SMILES string of the molecule is Nc1c(F)cccc1S(=O)(=O)NCCOC1CCCC1. The van der Waals surface area contributed by atoms with Crippen LogP contribution in [0, 0.1) is 5.82 Å². The van der Waals surface area contributed by atoms with Crippen LogP contribution in [0.15, 0.2) is 23.1 Å². The van der Waals surface area contributed by atoms with Gasteiger partial charge in [0.05, 0.1) is 18.4 Å². The van der Waals surface area contributed by atoms with Crippen LogP contribution in [0.2, 0.25) is 0 Å². The van der Waals surface area contributed by atoms with Crippen LogP contribution in [0.25, 0.3) is 0 Å². The molecular weight excluding hydrogens is 283 g/mol. The normalized spacial score (nSPS) is 16.6. The van der Waals surface area contributed by atoms with Crippen LogP contribution >= 0.6 is 0 Å². The van der Waals surface area contributed by atoms with Crippen LogP contribution in [0.4, 0.5) is 10.1 Å². The first-order valence-electron chi connectivity index (χ1n) is 6.66. The lowest BCUT2D eigenvalue weighted by molar-refractivity contribution is 0.0626. The zero-order chi connectivity index (χ0) is 14.6. The minimum Gasteiger partial charge on any atom is -0.395 e. The second kappa shape index (κ2) is 6.51. The van der Waals surface area contributed by atoms with Gasteiger partial charge in [0.25, 0.3) is 0 Å². The molecule has 0 saturated heterocycles. The van der Waals surface area contributed by atoms with Crippen molar-refractivity contribution in [3.63, 3.8) is 0 Å². The fraction of sp³-hybridized carbons (Fsp3) is 0.538. The van der Waals surface area contributed by atoms with E-state index in [1.165, 1.54) is 12.1 Å². The molecule has 1 saturated carbocycles. The predicted molar refractivity (Wildman–Crippen MR) is 74.2 cm³/mol. The molecule has 0 amide bonds. The molecule has 0 heterocycles. The summed E-state index contributed by atoms with van der Waals surface area (Å²) in [5.74, 6) is -0.741. The summed E-state index contributed by atoms with van der Waals surface area (Å²) in [5, 5.41) is 0. The summed E-state index contributed by atoms with van der Waals surface area (Å²) in [7, 11) is -3.80. The van der Waals surface area contributed by atoms with Crippen molar-refractivity contribution in [3.05, 3.63) is 24.0 Å². The van der Waals surface area contributed by atoms with Gasteiger partial charge in [-0.05, 0) is 25.0 Å². The maximum absolute atomic E-state index is 13.3. The summed E-state index contributed by atoms with van der Waals surface area (Å²) in [6, 6.07) is 3.71. The van der Waals surface area contributed by atoms with Crippen molar-refractivity contribution in [1.82, 2.24) is 4.72 Å². The molecule has 7 heteroatoms. The molecule has 5 nitrogen and oxygen atoms in total. The zero-order valence-electron chi connectivity index (χ0n) is 11.1. The Kier molecular flexibility index (Phi) is 4.95. The number of rotatable bonds is 6. The number of halogens is 1. The number of nitrogens with two attached hydrogens (primary N) is 1. The van der Waals surface area contributed by atoms with Gasteiger partial charge >= 0.3 is 0 Å². The number of ether oxygens (including phenoxy) is 1. The van der Waals surface area contributed by atoms with Gasteiger partial charge in [-0.25, -0.2) is 17.5 Å². The summed E-state index contributed by atoms with van der Waals surface area (Å²) in [6.07, 6.45) is 4.62. The number of anilines is 1. The van der Waals surface area contributed by atoms with Gasteiger partial charge in [0.1, 0.15) is 10.7 Å². The van der Waals surface area contributed by atoms with Crippen molar-refractivity contribution in [3.8, 4) is 0 Å². The predicted octanol–water partition coefficient (Wildman–Crippen LogP) is 1.65. The molecule has 112 valence electrons. The Morgan fingerprint density at radius 2 is 2.05 bits per heavy atom. The fourth-order valence-corrected chi connectivity index (χ4v) is 3.44. The van der Waals surface area contributed by atoms with Gasteiger partial charge in [-0.1, -0.05) is 18.9 Å². The molecule has 1 fully saturated rings. The third kappa shape index (κ3) is 3.68. The number of sulfonamides is 1. The number of hydrogen-bond acceptors (Lipinski definition) is 4. The van der Waals surface area contributed by atoms with Crippen LogP contribution in [0.5, 0.6) is 0 Å². The fourth-order valence-electron chi connectivity index (χ4n) is 2.29. The van der Waals surface area contributed by atoms with Gasteiger partial charge < -0.3 is 10.5 Å². The van der Waals surface area contributed by atoms with Crippen LogP contribution in [0.3, 0.4) is 0 Å². The molecule has 3 N–H and O–H groups in total. The Hall–Kier alpha value is -1.18. The van der Waals surface area contributed by atoms with Crippen LogP contribution < -0.4 is 10.5 Å². The minimum atomic E-state index is -3.80. The van der Waals surface area contributed by atoms with Crippen molar-refractivity contribution >= 4 is 15.7 Å². The molecule has 0 atom stereocenters. The highest BCUT2D eigenvalue weighted by Gasteiger charge is 2.19. The van der Waals surface area contributed by atoms with Crippen molar-refractivity contribution in [2.75, 3.05) is 18.9 Å². The van der Waals surface area contributed by atoms with Gasteiger partial charge in [0.15, 0.2) is 0 Å². The Balaban J connectivity index is 1.88. The Morgan fingerprint density at radius 1 is 1.35 bits per heavy atom. The van der Waals surface area contributed by atoms with E-state index in [1.54, 1.807) is 0 Å². The summed E-state index contributed by atoms with van der Waals surface area (Å²) in [6.45, 7) is 0.452. The van der Waals surface area contributed by atoms with E-state index in [1.807, 2.05) is 0 Å². The molecule has 1 aliphatic carbocycles. The van der Waals surface area contributed by atoms with Gasteiger partial charge in [-0.15, -0.1) is 0 Å². The lowest BCUT2D eigenvalue weighted by Crippen LogP contribution is -2.29. The number of nitrogens with one attached hydrogen (secondary N) is 1. The summed E-state index contributed by atoms with van der Waals surface area (Å²) in [4.78, 5) is -0.238. The van der Waals surface area contributed by atoms with E-state index in [9.17, 15) is 12.8 Å². The van der Waals surface area contributed by atoms with Gasteiger partial charge in [0.2, 0.25) is 10.0 Å². The quantitative estimate of drug-likeness (QED) is 0.618. The van der Waals surface area contributed by atoms with Crippen molar-refractivity contribution < 1.29 is 17.5 Å². The Labute approximate surface area is 118 Å². The van der Waals surface area contributed by atoms with E-state index in [0.717, 1.165) is 31.7 Å². The number of para-hydroxylation sites is 1. The van der Waals surface area contributed by atoms with E-state index in [2.05, 4.69) is 4.72 Å². The number of benzene rings is 1. The molecule has 0 unspecified atom stereocenters. The molecule has 0 spiro atoms. The molecule has 1 aromatic rings. The third-order valence-electron chi connectivity index (χ3n) is 3.35. The first kappa shape index (κ1) is 15.2. The molecule has 1 aromatic carbocycles. The maximum Gasteiger partial charge on any atom is 0.242 e. The molecule has 20 heavy (non-hydrogen) atoms. The summed E-state index contributed by atoms with van der Waals surface area (Å²) >= 11 is 0. The van der Waals surface area contributed by atoms with Gasteiger partial charge in [-0.3, -0.25) is 0 Å². The highest BCUT2D eigenvalue weighted by molar-refractivity contribution is 7.89.